The monoisotopic (exact) mass is 805 g/mol. The lowest BCUT2D eigenvalue weighted by Gasteiger charge is -2.18. The van der Waals surface area contributed by atoms with Crippen molar-refractivity contribution in [2.24, 2.45) is 0 Å². The van der Waals surface area contributed by atoms with Crippen molar-refractivity contribution in [3.05, 3.63) is 12.2 Å². The van der Waals surface area contributed by atoms with Gasteiger partial charge in [-0.1, -0.05) is 226 Å². The summed E-state index contributed by atoms with van der Waals surface area (Å²) in [5.74, 6) is -0.860. The Labute approximate surface area is 354 Å². The zero-order valence-corrected chi connectivity index (χ0v) is 38.4. The van der Waals surface area contributed by atoms with E-state index in [1.54, 1.807) is 0 Å². The molecule has 0 heterocycles. The van der Waals surface area contributed by atoms with Crippen LogP contribution >= 0.6 is 0 Å². The third-order valence-electron chi connectivity index (χ3n) is 11.3. The van der Waals surface area contributed by atoms with E-state index in [2.05, 4.69) is 32.9 Å². The standard InChI is InChI=1S/C51H96O6/c1-4-7-10-13-16-19-21-23-24-25-26-28-29-32-35-38-41-44-50(53)56-47-48(46-55-49(52)43-40-37-34-31-18-15-12-9-6-3)57-51(54)45-42-39-36-33-30-27-22-20-17-14-11-8-5-2/h23-24,48H,4-22,25-47H2,1-3H3/b24-23-. The van der Waals surface area contributed by atoms with Crippen LogP contribution in [-0.2, 0) is 28.6 Å². The summed E-state index contributed by atoms with van der Waals surface area (Å²) in [6, 6.07) is 0. The predicted molar refractivity (Wildman–Crippen MR) is 243 cm³/mol. The van der Waals surface area contributed by atoms with Crippen LogP contribution in [0.1, 0.15) is 278 Å². The quantitative estimate of drug-likeness (QED) is 0.0264. The number of allylic oxidation sites excluding steroid dienone is 2. The molecule has 0 fully saturated rings. The average molecular weight is 805 g/mol. The molecule has 0 aromatic rings. The van der Waals surface area contributed by atoms with Crippen LogP contribution in [0, 0.1) is 0 Å². The van der Waals surface area contributed by atoms with E-state index in [1.165, 1.54) is 180 Å². The smallest absolute Gasteiger partial charge is 0.306 e. The number of unbranched alkanes of at least 4 members (excludes halogenated alkanes) is 33. The number of carbonyl (C=O) groups excluding carboxylic acids is 3. The Morgan fingerprint density at radius 3 is 0.877 bits per heavy atom. The summed E-state index contributed by atoms with van der Waals surface area (Å²) in [5.41, 5.74) is 0. The van der Waals surface area contributed by atoms with Crippen LogP contribution in [0.25, 0.3) is 0 Å². The average Bonchev–Trinajstić information content (AvgIpc) is 3.21. The number of carbonyl (C=O) groups is 3. The van der Waals surface area contributed by atoms with Gasteiger partial charge in [0.2, 0.25) is 0 Å². The van der Waals surface area contributed by atoms with E-state index in [0.717, 1.165) is 57.8 Å². The molecule has 1 unspecified atom stereocenters. The fraction of sp³-hybridized carbons (Fsp3) is 0.902. The summed E-state index contributed by atoms with van der Waals surface area (Å²) >= 11 is 0. The highest BCUT2D eigenvalue weighted by atomic mass is 16.6. The highest BCUT2D eigenvalue weighted by molar-refractivity contribution is 5.71. The van der Waals surface area contributed by atoms with Crippen molar-refractivity contribution < 1.29 is 28.6 Å². The van der Waals surface area contributed by atoms with Crippen molar-refractivity contribution in [2.45, 2.75) is 284 Å². The lowest BCUT2D eigenvalue weighted by Crippen LogP contribution is -2.30. The molecule has 0 rings (SSSR count). The van der Waals surface area contributed by atoms with Crippen LogP contribution in [-0.4, -0.2) is 37.2 Å². The zero-order valence-electron chi connectivity index (χ0n) is 38.4. The van der Waals surface area contributed by atoms with Crippen molar-refractivity contribution in [2.75, 3.05) is 13.2 Å². The van der Waals surface area contributed by atoms with Crippen molar-refractivity contribution in [1.82, 2.24) is 0 Å². The molecule has 1 atom stereocenters. The molecule has 0 radical (unpaired) electrons. The molecular formula is C51H96O6. The lowest BCUT2D eigenvalue weighted by molar-refractivity contribution is -0.167. The Morgan fingerprint density at radius 2 is 0.579 bits per heavy atom. The number of rotatable bonds is 46. The van der Waals surface area contributed by atoms with Crippen molar-refractivity contribution in [1.29, 1.82) is 0 Å². The van der Waals surface area contributed by atoms with E-state index in [9.17, 15) is 14.4 Å². The van der Waals surface area contributed by atoms with E-state index >= 15 is 0 Å². The maximum absolute atomic E-state index is 12.7. The van der Waals surface area contributed by atoms with E-state index < -0.39 is 6.10 Å². The highest BCUT2D eigenvalue weighted by Gasteiger charge is 2.19. The van der Waals surface area contributed by atoms with Gasteiger partial charge in [0.1, 0.15) is 13.2 Å². The van der Waals surface area contributed by atoms with E-state index in [0.29, 0.717) is 19.3 Å². The van der Waals surface area contributed by atoms with Crippen molar-refractivity contribution >= 4 is 17.9 Å². The van der Waals surface area contributed by atoms with Gasteiger partial charge in [-0.2, -0.15) is 0 Å². The summed E-state index contributed by atoms with van der Waals surface area (Å²) in [4.78, 5) is 37.8. The van der Waals surface area contributed by atoms with Crippen molar-refractivity contribution in [3.63, 3.8) is 0 Å². The molecule has 0 aromatic heterocycles. The topological polar surface area (TPSA) is 78.9 Å². The van der Waals surface area contributed by atoms with E-state index in [-0.39, 0.29) is 31.1 Å². The summed E-state index contributed by atoms with van der Waals surface area (Å²) in [6.45, 7) is 6.64. The Morgan fingerprint density at radius 1 is 0.333 bits per heavy atom. The predicted octanol–water partition coefficient (Wildman–Crippen LogP) is 16.2. The van der Waals surface area contributed by atoms with Gasteiger partial charge in [0, 0.05) is 19.3 Å². The Kier molecular flexibility index (Phi) is 45.3. The number of hydrogen-bond acceptors (Lipinski definition) is 6. The Bertz CT molecular complexity index is 885. The molecule has 0 aliphatic rings. The third kappa shape index (κ3) is 45.1. The second kappa shape index (κ2) is 46.8. The van der Waals surface area contributed by atoms with Gasteiger partial charge in [-0.05, 0) is 44.9 Å². The summed E-state index contributed by atoms with van der Waals surface area (Å²) in [5, 5.41) is 0. The molecule has 0 amide bonds. The first-order valence-corrected chi connectivity index (χ1v) is 25.2. The van der Waals surface area contributed by atoms with Gasteiger partial charge < -0.3 is 14.2 Å². The third-order valence-corrected chi connectivity index (χ3v) is 11.3. The first kappa shape index (κ1) is 55.2. The van der Waals surface area contributed by atoms with Gasteiger partial charge in [-0.3, -0.25) is 14.4 Å². The zero-order chi connectivity index (χ0) is 41.5. The minimum Gasteiger partial charge on any atom is -0.462 e. The molecular weight excluding hydrogens is 709 g/mol. The maximum Gasteiger partial charge on any atom is 0.306 e. The van der Waals surface area contributed by atoms with Crippen LogP contribution in [0.2, 0.25) is 0 Å². The first-order chi connectivity index (χ1) is 28.0. The largest absolute Gasteiger partial charge is 0.462 e. The number of ether oxygens (including phenoxy) is 3. The molecule has 6 nitrogen and oxygen atoms in total. The Hall–Kier alpha value is -1.85. The van der Waals surface area contributed by atoms with Crippen LogP contribution < -0.4 is 0 Å². The first-order valence-electron chi connectivity index (χ1n) is 25.2. The van der Waals surface area contributed by atoms with Gasteiger partial charge in [0.15, 0.2) is 6.10 Å². The van der Waals surface area contributed by atoms with Crippen molar-refractivity contribution in [3.8, 4) is 0 Å². The fourth-order valence-electron chi connectivity index (χ4n) is 7.44. The van der Waals surface area contributed by atoms with Gasteiger partial charge in [0.25, 0.3) is 0 Å². The highest BCUT2D eigenvalue weighted by Crippen LogP contribution is 2.16. The maximum atomic E-state index is 12.7. The summed E-state index contributed by atoms with van der Waals surface area (Å²) < 4.78 is 16.7. The molecule has 0 saturated heterocycles. The van der Waals surface area contributed by atoms with E-state index in [1.807, 2.05) is 0 Å². The number of hydrogen-bond donors (Lipinski definition) is 0. The van der Waals surface area contributed by atoms with Gasteiger partial charge in [-0.25, -0.2) is 0 Å². The van der Waals surface area contributed by atoms with Gasteiger partial charge >= 0.3 is 17.9 Å². The molecule has 0 saturated carbocycles. The normalized spacial score (nSPS) is 12.0. The molecule has 0 aliphatic heterocycles. The molecule has 0 aliphatic carbocycles. The van der Waals surface area contributed by atoms with Crippen LogP contribution in [0.3, 0.4) is 0 Å². The van der Waals surface area contributed by atoms with Crippen LogP contribution in [0.4, 0.5) is 0 Å². The molecule has 0 aromatic carbocycles. The molecule has 57 heavy (non-hydrogen) atoms. The molecule has 0 spiro atoms. The SMILES string of the molecule is CCCCCCCC/C=C\CCCCCCCCCC(=O)OCC(COC(=O)CCCCCCCCCCC)OC(=O)CCCCCCCCCCCCCCC. The van der Waals surface area contributed by atoms with Crippen LogP contribution in [0.15, 0.2) is 12.2 Å². The van der Waals surface area contributed by atoms with Gasteiger partial charge in [-0.15, -0.1) is 0 Å². The molecule has 336 valence electrons. The fourth-order valence-corrected chi connectivity index (χ4v) is 7.44. The minimum absolute atomic E-state index is 0.0667. The molecule has 0 bridgehead atoms. The lowest BCUT2D eigenvalue weighted by atomic mass is 10.0. The second-order valence-electron chi connectivity index (χ2n) is 17.1. The van der Waals surface area contributed by atoms with Gasteiger partial charge in [0.05, 0.1) is 0 Å². The molecule has 6 heteroatoms. The number of esters is 3. The Balaban J connectivity index is 4.28. The summed E-state index contributed by atoms with van der Waals surface area (Å²) in [7, 11) is 0. The second-order valence-corrected chi connectivity index (χ2v) is 17.1. The van der Waals surface area contributed by atoms with E-state index in [4.69, 9.17) is 14.2 Å². The van der Waals surface area contributed by atoms with Crippen LogP contribution in [0.5, 0.6) is 0 Å². The summed E-state index contributed by atoms with van der Waals surface area (Å²) in [6.07, 6.45) is 50.5. The minimum atomic E-state index is -0.763. The molecule has 0 N–H and O–H groups in total.